The maximum Gasteiger partial charge on any atom is 0.0893 e. The van der Waals surface area contributed by atoms with Crippen molar-refractivity contribution in [2.45, 2.75) is 5.41 Å². The number of hydrogen-bond acceptors (Lipinski definition) is 2. The molecule has 2 aromatic heterocycles. The fraction of sp³-hybridized carbons (Fsp3) is 0.0204. The van der Waals surface area contributed by atoms with Gasteiger partial charge >= 0.3 is 0 Å². The van der Waals surface area contributed by atoms with Gasteiger partial charge in [-0.1, -0.05) is 146 Å². The number of rotatable bonds is 3. The predicted molar refractivity (Wildman–Crippen MR) is 210 cm³/mol. The van der Waals surface area contributed by atoms with E-state index in [1.54, 1.807) is 0 Å². The summed E-state index contributed by atoms with van der Waals surface area (Å²) in [7, 11) is 0. The van der Waals surface area contributed by atoms with Crippen molar-refractivity contribution in [1.82, 2.24) is 9.97 Å². The van der Waals surface area contributed by atoms with Crippen LogP contribution in [0.5, 0.6) is 0 Å². The van der Waals surface area contributed by atoms with Gasteiger partial charge in [0.15, 0.2) is 0 Å². The van der Waals surface area contributed by atoms with Crippen LogP contribution in [-0.2, 0) is 5.41 Å². The van der Waals surface area contributed by atoms with E-state index < -0.39 is 5.41 Å². The lowest BCUT2D eigenvalue weighted by atomic mass is 9.69. The Kier molecular flexibility index (Phi) is 5.91. The van der Waals surface area contributed by atoms with Crippen molar-refractivity contribution in [3.05, 3.63) is 204 Å². The summed E-state index contributed by atoms with van der Waals surface area (Å²) in [6.07, 6.45) is 1.82. The number of aromatic nitrogens is 2. The lowest BCUT2D eigenvalue weighted by molar-refractivity contribution is 0.795. The van der Waals surface area contributed by atoms with E-state index in [0.29, 0.717) is 0 Å². The molecular weight excluding hydrogens is 617 g/mol. The van der Waals surface area contributed by atoms with Gasteiger partial charge in [0.1, 0.15) is 0 Å². The monoisotopic (exact) mass is 646 g/mol. The molecule has 0 N–H and O–H groups in total. The Morgan fingerprint density at radius 1 is 0.333 bits per heavy atom. The minimum atomic E-state index is -0.466. The van der Waals surface area contributed by atoms with Gasteiger partial charge in [0.25, 0.3) is 0 Å². The summed E-state index contributed by atoms with van der Waals surface area (Å²) in [5.41, 5.74) is 16.4. The summed E-state index contributed by atoms with van der Waals surface area (Å²) in [6.45, 7) is 0. The van der Waals surface area contributed by atoms with Crippen molar-refractivity contribution in [3.63, 3.8) is 0 Å². The lowest BCUT2D eigenvalue weighted by Crippen LogP contribution is -2.26. The third-order valence-corrected chi connectivity index (χ3v) is 11.2. The van der Waals surface area contributed by atoms with Gasteiger partial charge in [-0.3, -0.25) is 4.98 Å². The third kappa shape index (κ3) is 3.82. The first-order chi connectivity index (χ1) is 25.3. The molecule has 9 aromatic rings. The topological polar surface area (TPSA) is 25.8 Å². The number of fused-ring (bicyclic) bond motifs is 14. The Hall–Kier alpha value is -6.64. The van der Waals surface area contributed by atoms with Gasteiger partial charge in [-0.2, -0.15) is 0 Å². The molecule has 2 heteroatoms. The second-order valence-electron chi connectivity index (χ2n) is 13.6. The molecule has 51 heavy (non-hydrogen) atoms. The summed E-state index contributed by atoms with van der Waals surface area (Å²) in [5.74, 6) is 0. The second-order valence-corrected chi connectivity index (χ2v) is 13.6. The van der Waals surface area contributed by atoms with Crippen molar-refractivity contribution in [2.24, 2.45) is 0 Å². The van der Waals surface area contributed by atoms with Crippen LogP contribution in [0.2, 0.25) is 0 Å². The van der Waals surface area contributed by atoms with Crippen LogP contribution >= 0.6 is 0 Å². The average molecular weight is 647 g/mol. The number of pyridine rings is 2. The van der Waals surface area contributed by atoms with Gasteiger partial charge in [0.05, 0.1) is 22.5 Å². The Balaban J connectivity index is 1.27. The highest BCUT2D eigenvalue weighted by molar-refractivity contribution is 6.17. The smallest absolute Gasteiger partial charge is 0.0893 e. The highest BCUT2D eigenvalue weighted by Gasteiger charge is 2.52. The molecule has 0 saturated carbocycles. The first-order valence-electron chi connectivity index (χ1n) is 17.6. The Morgan fingerprint density at radius 2 is 0.922 bits per heavy atom. The summed E-state index contributed by atoms with van der Waals surface area (Å²) in [5, 5.41) is 5.06. The van der Waals surface area contributed by atoms with Crippen LogP contribution in [0.1, 0.15) is 22.3 Å². The van der Waals surface area contributed by atoms with Gasteiger partial charge in [0.2, 0.25) is 0 Å². The lowest BCUT2D eigenvalue weighted by Gasteiger charge is -2.31. The van der Waals surface area contributed by atoms with Crippen LogP contribution in [0.25, 0.3) is 77.6 Å². The standard InChI is InChI=1S/C49H30N2/c1-2-15-32-31(14-1)27-28-42-47(32)48-38-21-6-4-17-34(38)39(30-43(48)49(42)40-22-9-7-18-35(40)36-19-8-10-23-41(36)49)33-16-3-5-20-37(33)44-25-13-26-46(51-44)45-24-11-12-29-50-45/h1-30H. The van der Waals surface area contributed by atoms with Crippen LogP contribution in [0.3, 0.4) is 0 Å². The van der Waals surface area contributed by atoms with E-state index in [9.17, 15) is 0 Å². The normalized spacial score (nSPS) is 13.3. The molecule has 0 aliphatic heterocycles. The third-order valence-electron chi connectivity index (χ3n) is 11.2. The molecule has 0 saturated heterocycles. The summed E-state index contributed by atoms with van der Waals surface area (Å²) in [4.78, 5) is 9.79. The molecule has 0 amide bonds. The Morgan fingerprint density at radius 3 is 1.69 bits per heavy atom. The molecule has 236 valence electrons. The molecule has 0 fully saturated rings. The van der Waals surface area contributed by atoms with Crippen LogP contribution in [-0.4, -0.2) is 9.97 Å². The van der Waals surface area contributed by atoms with E-state index in [-0.39, 0.29) is 0 Å². The SMILES string of the molecule is c1ccc(-c2cccc(-c3ccccc3-c3cc4c(c5ccccc35)-c3c(ccc5ccccc35)C43c4ccccc4-c4ccccc43)n2)nc1. The van der Waals surface area contributed by atoms with Crippen molar-refractivity contribution < 1.29 is 0 Å². The second kappa shape index (κ2) is 10.7. The quantitative estimate of drug-likeness (QED) is 0.191. The molecule has 2 aliphatic carbocycles. The molecule has 7 aromatic carbocycles. The number of benzene rings is 7. The molecule has 0 unspecified atom stereocenters. The predicted octanol–water partition coefficient (Wildman–Crippen LogP) is 12.1. The molecule has 2 nitrogen and oxygen atoms in total. The minimum absolute atomic E-state index is 0.466. The van der Waals surface area contributed by atoms with Gasteiger partial charge in [-0.05, 0) is 108 Å². The molecule has 2 aliphatic rings. The van der Waals surface area contributed by atoms with Crippen LogP contribution in [0.4, 0.5) is 0 Å². The van der Waals surface area contributed by atoms with Gasteiger partial charge in [-0.15, -0.1) is 0 Å². The first kappa shape index (κ1) is 28.2. The van der Waals surface area contributed by atoms with Gasteiger partial charge in [0, 0.05) is 11.8 Å². The van der Waals surface area contributed by atoms with Crippen molar-refractivity contribution in [2.75, 3.05) is 0 Å². The first-order valence-corrected chi connectivity index (χ1v) is 17.6. The van der Waals surface area contributed by atoms with Gasteiger partial charge < -0.3 is 0 Å². The fourth-order valence-corrected chi connectivity index (χ4v) is 9.16. The molecule has 11 rings (SSSR count). The highest BCUT2D eigenvalue weighted by atomic mass is 14.8. The zero-order chi connectivity index (χ0) is 33.5. The van der Waals surface area contributed by atoms with E-state index in [1.165, 1.54) is 71.6 Å². The largest absolute Gasteiger partial charge is 0.255 e. The molecule has 0 bridgehead atoms. The maximum atomic E-state index is 5.19. The molecule has 0 atom stereocenters. The van der Waals surface area contributed by atoms with Crippen LogP contribution in [0, 0.1) is 0 Å². The zero-order valence-corrected chi connectivity index (χ0v) is 27.7. The van der Waals surface area contributed by atoms with Crippen molar-refractivity contribution in [3.8, 4) is 56.0 Å². The Bertz CT molecular complexity index is 2820. The average Bonchev–Trinajstić information content (AvgIpc) is 3.69. The van der Waals surface area contributed by atoms with Crippen LogP contribution in [0.15, 0.2) is 182 Å². The van der Waals surface area contributed by atoms with Crippen molar-refractivity contribution in [1.29, 1.82) is 0 Å². The fourth-order valence-electron chi connectivity index (χ4n) is 9.16. The molecule has 2 heterocycles. The van der Waals surface area contributed by atoms with E-state index >= 15 is 0 Å². The maximum absolute atomic E-state index is 5.19. The van der Waals surface area contributed by atoms with Crippen LogP contribution < -0.4 is 0 Å². The van der Waals surface area contributed by atoms with E-state index in [1.807, 2.05) is 30.5 Å². The molecule has 0 radical (unpaired) electrons. The number of hydrogen-bond donors (Lipinski definition) is 0. The van der Waals surface area contributed by atoms with Crippen molar-refractivity contribution >= 4 is 21.5 Å². The van der Waals surface area contributed by atoms with E-state index in [0.717, 1.165) is 28.2 Å². The van der Waals surface area contributed by atoms with E-state index in [4.69, 9.17) is 4.98 Å². The number of nitrogens with zero attached hydrogens (tertiary/aromatic N) is 2. The van der Waals surface area contributed by atoms with Gasteiger partial charge in [-0.25, -0.2) is 4.98 Å². The van der Waals surface area contributed by atoms with E-state index in [2.05, 4.69) is 157 Å². The zero-order valence-electron chi connectivity index (χ0n) is 27.7. The molecule has 1 spiro atoms. The highest BCUT2D eigenvalue weighted by Crippen LogP contribution is 2.65. The minimum Gasteiger partial charge on any atom is -0.255 e. The summed E-state index contributed by atoms with van der Waals surface area (Å²) >= 11 is 0. The summed E-state index contributed by atoms with van der Waals surface area (Å²) in [6, 6.07) is 64.2. The summed E-state index contributed by atoms with van der Waals surface area (Å²) < 4.78 is 0. The Labute approximate surface area is 296 Å². The molecular formula is C49H30N2.